The van der Waals surface area contributed by atoms with E-state index in [2.05, 4.69) is 10.6 Å². The zero-order valence-corrected chi connectivity index (χ0v) is 11.9. The molecule has 2 N–H and O–H groups in total. The molecule has 0 aliphatic heterocycles. The van der Waals surface area contributed by atoms with E-state index in [9.17, 15) is 4.79 Å². The van der Waals surface area contributed by atoms with E-state index in [4.69, 9.17) is 4.74 Å². The third kappa shape index (κ3) is 5.38. The summed E-state index contributed by atoms with van der Waals surface area (Å²) in [6.07, 6.45) is 0.475. The van der Waals surface area contributed by atoms with E-state index < -0.39 is 0 Å². The Labute approximate surface area is 115 Å². The van der Waals surface area contributed by atoms with Crippen LogP contribution in [-0.4, -0.2) is 26.1 Å². The summed E-state index contributed by atoms with van der Waals surface area (Å²) in [7, 11) is 1.83. The van der Waals surface area contributed by atoms with Gasteiger partial charge in [-0.1, -0.05) is 0 Å². The third-order valence-corrected chi connectivity index (χ3v) is 2.39. The Hall–Kier alpha value is -1.26. The Balaban J connectivity index is 0.00000289. The first-order chi connectivity index (χ1) is 8.17. The van der Waals surface area contributed by atoms with E-state index in [1.165, 1.54) is 0 Å². The fraction of sp³-hybridized carbons (Fsp3) is 0.462. The van der Waals surface area contributed by atoms with E-state index in [1.807, 2.05) is 39.1 Å². The molecule has 0 aliphatic carbocycles. The molecule has 0 heterocycles. The predicted octanol–water partition coefficient (Wildman–Crippen LogP) is 2.36. The van der Waals surface area contributed by atoms with E-state index in [-0.39, 0.29) is 18.3 Å². The Morgan fingerprint density at radius 3 is 2.67 bits per heavy atom. The van der Waals surface area contributed by atoms with E-state index in [1.54, 1.807) is 0 Å². The quantitative estimate of drug-likeness (QED) is 0.836. The minimum atomic E-state index is 0. The van der Waals surface area contributed by atoms with Crippen molar-refractivity contribution in [1.82, 2.24) is 5.32 Å². The van der Waals surface area contributed by atoms with Crippen molar-refractivity contribution in [3.05, 3.63) is 23.8 Å². The Kier molecular flexibility index (Phi) is 8.16. The highest BCUT2D eigenvalue weighted by Crippen LogP contribution is 2.21. The summed E-state index contributed by atoms with van der Waals surface area (Å²) in [5.74, 6) is 0.852. The van der Waals surface area contributed by atoms with Crippen LogP contribution in [0.1, 0.15) is 18.9 Å². The normalized spacial score (nSPS) is 9.50. The van der Waals surface area contributed by atoms with Crippen molar-refractivity contribution in [2.75, 3.05) is 25.5 Å². The van der Waals surface area contributed by atoms with Crippen molar-refractivity contribution in [1.29, 1.82) is 0 Å². The standard InChI is InChI=1S/C13H20N2O2.ClH/c1-4-17-11-5-6-12(10(2)9-11)15-13(16)7-8-14-3;/h5-6,9,14H,4,7-8H2,1-3H3,(H,15,16);1H. The number of amides is 1. The van der Waals surface area contributed by atoms with Gasteiger partial charge in [0.2, 0.25) is 5.91 Å². The summed E-state index contributed by atoms with van der Waals surface area (Å²) in [6, 6.07) is 5.67. The minimum absolute atomic E-state index is 0. The van der Waals surface area contributed by atoms with Gasteiger partial charge in [0.15, 0.2) is 0 Å². The number of nitrogens with one attached hydrogen (secondary N) is 2. The zero-order chi connectivity index (χ0) is 12.7. The van der Waals surface area contributed by atoms with Gasteiger partial charge in [0.1, 0.15) is 5.75 Å². The van der Waals surface area contributed by atoms with Crippen LogP contribution in [0, 0.1) is 6.92 Å². The van der Waals surface area contributed by atoms with Crippen LogP contribution in [0.2, 0.25) is 0 Å². The molecule has 0 spiro atoms. The summed E-state index contributed by atoms with van der Waals surface area (Å²) in [4.78, 5) is 11.6. The monoisotopic (exact) mass is 272 g/mol. The average molecular weight is 273 g/mol. The van der Waals surface area contributed by atoms with Gasteiger partial charge in [-0.15, -0.1) is 12.4 Å². The second-order valence-corrected chi connectivity index (χ2v) is 3.81. The molecule has 18 heavy (non-hydrogen) atoms. The first-order valence-corrected chi connectivity index (χ1v) is 5.85. The van der Waals surface area contributed by atoms with E-state index in [0.717, 1.165) is 17.0 Å². The number of ether oxygens (including phenoxy) is 1. The molecule has 0 atom stereocenters. The largest absolute Gasteiger partial charge is 0.494 e. The molecule has 0 radical (unpaired) electrons. The molecule has 0 unspecified atom stereocenters. The Morgan fingerprint density at radius 1 is 1.39 bits per heavy atom. The zero-order valence-electron chi connectivity index (χ0n) is 11.1. The lowest BCUT2D eigenvalue weighted by atomic mass is 10.2. The number of carbonyl (C=O) groups is 1. The number of carbonyl (C=O) groups excluding carboxylic acids is 1. The smallest absolute Gasteiger partial charge is 0.225 e. The van der Waals surface area contributed by atoms with Crippen LogP contribution < -0.4 is 15.4 Å². The topological polar surface area (TPSA) is 50.4 Å². The molecule has 0 fully saturated rings. The fourth-order valence-corrected chi connectivity index (χ4v) is 1.48. The van der Waals surface area contributed by atoms with Crippen molar-refractivity contribution < 1.29 is 9.53 Å². The van der Waals surface area contributed by atoms with Crippen LogP contribution in [0.15, 0.2) is 18.2 Å². The van der Waals surface area contributed by atoms with Gasteiger partial charge >= 0.3 is 0 Å². The lowest BCUT2D eigenvalue weighted by Crippen LogP contribution is -2.19. The maximum atomic E-state index is 11.6. The van der Waals surface area contributed by atoms with Gasteiger partial charge < -0.3 is 15.4 Å². The van der Waals surface area contributed by atoms with Crippen LogP contribution in [-0.2, 0) is 4.79 Å². The number of hydrogen-bond acceptors (Lipinski definition) is 3. The van der Waals surface area contributed by atoms with Crippen molar-refractivity contribution in [3.63, 3.8) is 0 Å². The van der Waals surface area contributed by atoms with Crippen molar-refractivity contribution in [2.45, 2.75) is 20.3 Å². The van der Waals surface area contributed by atoms with Gasteiger partial charge in [0, 0.05) is 18.7 Å². The lowest BCUT2D eigenvalue weighted by molar-refractivity contribution is -0.116. The Morgan fingerprint density at radius 2 is 2.11 bits per heavy atom. The Bertz CT molecular complexity index is 383. The second kappa shape index (κ2) is 8.78. The summed E-state index contributed by atoms with van der Waals surface area (Å²) in [5.41, 5.74) is 1.85. The van der Waals surface area contributed by atoms with Gasteiger partial charge in [-0.3, -0.25) is 4.79 Å². The lowest BCUT2D eigenvalue weighted by Gasteiger charge is -2.10. The molecule has 1 amide bonds. The molecule has 102 valence electrons. The third-order valence-electron chi connectivity index (χ3n) is 2.39. The summed E-state index contributed by atoms with van der Waals surface area (Å²) < 4.78 is 5.39. The number of anilines is 1. The SMILES string of the molecule is CCOc1ccc(NC(=O)CCNC)c(C)c1.Cl. The number of hydrogen-bond donors (Lipinski definition) is 2. The molecule has 0 aliphatic rings. The van der Waals surface area contributed by atoms with Crippen molar-refractivity contribution in [3.8, 4) is 5.75 Å². The van der Waals surface area contributed by atoms with Crippen molar-refractivity contribution >= 4 is 24.0 Å². The highest BCUT2D eigenvalue weighted by Gasteiger charge is 2.05. The first kappa shape index (κ1) is 16.7. The van der Waals surface area contributed by atoms with E-state index >= 15 is 0 Å². The highest BCUT2D eigenvalue weighted by molar-refractivity contribution is 5.91. The fourth-order valence-electron chi connectivity index (χ4n) is 1.48. The van der Waals surface area contributed by atoms with Gasteiger partial charge in [0.05, 0.1) is 6.61 Å². The molecule has 0 saturated carbocycles. The minimum Gasteiger partial charge on any atom is -0.494 e. The molecular formula is C13H21ClN2O2. The molecule has 0 bridgehead atoms. The molecule has 4 nitrogen and oxygen atoms in total. The number of halogens is 1. The van der Waals surface area contributed by atoms with Gasteiger partial charge in [-0.2, -0.15) is 0 Å². The molecule has 1 aromatic rings. The summed E-state index contributed by atoms with van der Waals surface area (Å²) in [6.45, 7) is 5.23. The molecule has 5 heteroatoms. The summed E-state index contributed by atoms with van der Waals surface area (Å²) in [5, 5.41) is 5.82. The number of rotatable bonds is 6. The van der Waals surface area contributed by atoms with E-state index in [0.29, 0.717) is 19.6 Å². The molecule has 1 aromatic carbocycles. The van der Waals surface area contributed by atoms with Gasteiger partial charge in [0.25, 0.3) is 0 Å². The average Bonchev–Trinajstić information content (AvgIpc) is 2.30. The molecule has 1 rings (SSSR count). The molecule has 0 aromatic heterocycles. The predicted molar refractivity (Wildman–Crippen MR) is 76.8 cm³/mol. The summed E-state index contributed by atoms with van der Waals surface area (Å²) >= 11 is 0. The number of aryl methyl sites for hydroxylation is 1. The van der Waals surface area contributed by atoms with Crippen LogP contribution in [0.5, 0.6) is 5.75 Å². The second-order valence-electron chi connectivity index (χ2n) is 3.81. The maximum absolute atomic E-state index is 11.6. The van der Waals surface area contributed by atoms with Gasteiger partial charge in [-0.05, 0) is 44.7 Å². The van der Waals surface area contributed by atoms with Crippen LogP contribution in [0.3, 0.4) is 0 Å². The molecule has 0 saturated heterocycles. The first-order valence-electron chi connectivity index (χ1n) is 5.85. The van der Waals surface area contributed by atoms with Crippen molar-refractivity contribution in [2.24, 2.45) is 0 Å². The number of benzene rings is 1. The van der Waals surface area contributed by atoms with Gasteiger partial charge in [-0.25, -0.2) is 0 Å². The van der Waals surface area contributed by atoms with Crippen LogP contribution in [0.25, 0.3) is 0 Å². The highest BCUT2D eigenvalue weighted by atomic mass is 35.5. The molecular weight excluding hydrogens is 252 g/mol. The van der Waals surface area contributed by atoms with Crippen LogP contribution in [0.4, 0.5) is 5.69 Å². The van der Waals surface area contributed by atoms with Crippen LogP contribution >= 0.6 is 12.4 Å². The maximum Gasteiger partial charge on any atom is 0.225 e.